The summed E-state index contributed by atoms with van der Waals surface area (Å²) in [4.78, 5) is 37.9. The zero-order valence-corrected chi connectivity index (χ0v) is 16.5. The number of piperidine rings is 1. The Balaban J connectivity index is 0.000000360. The molecule has 3 heterocycles. The molecule has 1 aliphatic rings. The summed E-state index contributed by atoms with van der Waals surface area (Å²) in [6.07, 6.45) is -3.06. The molecular formula is C19H19F3N6O4. The number of nitrogens with one attached hydrogen (secondary N) is 4. The first-order chi connectivity index (χ1) is 15.1. The third-order valence-electron chi connectivity index (χ3n) is 4.58. The molecule has 3 aromatic rings. The Morgan fingerprint density at radius 1 is 1.09 bits per heavy atom. The minimum atomic E-state index is -5.08. The number of carboxylic acids is 1. The molecule has 2 aromatic heterocycles. The second-order valence-electron chi connectivity index (χ2n) is 6.96. The first kappa shape index (κ1) is 22.9. The van der Waals surface area contributed by atoms with Crippen LogP contribution < -0.4 is 16.3 Å². The summed E-state index contributed by atoms with van der Waals surface area (Å²) in [5.41, 5.74) is 2.95. The Morgan fingerprint density at radius 3 is 2.41 bits per heavy atom. The van der Waals surface area contributed by atoms with Crippen molar-refractivity contribution >= 4 is 22.9 Å². The maximum atomic E-state index is 12.3. The van der Waals surface area contributed by atoms with Gasteiger partial charge in [0.25, 0.3) is 5.91 Å². The van der Waals surface area contributed by atoms with E-state index >= 15 is 0 Å². The number of hydrogen-bond acceptors (Lipinski definition) is 6. The summed E-state index contributed by atoms with van der Waals surface area (Å²) in [6.45, 7) is 1.78. The Labute approximate surface area is 178 Å². The van der Waals surface area contributed by atoms with Crippen LogP contribution >= 0.6 is 0 Å². The third kappa shape index (κ3) is 5.91. The van der Waals surface area contributed by atoms with Gasteiger partial charge in [-0.15, -0.1) is 10.2 Å². The lowest BCUT2D eigenvalue weighted by Gasteiger charge is -2.23. The average molecular weight is 452 g/mol. The Hall–Kier alpha value is -3.74. The van der Waals surface area contributed by atoms with Crippen LogP contribution in [0.1, 0.15) is 23.3 Å². The topological polar surface area (TPSA) is 153 Å². The number of amides is 1. The standard InChI is InChI=1S/C17H18N6O2.C2HF3O2/c24-16(19-11-2-1-7-18-9-11)14-6-5-12(22-23-14)10-3-4-13-15(8-10)21-17(25)20-13;3-2(4,5)1(6)7/h3-6,8,11,18H,1-2,7,9H2,(H,19,24)(H2,20,21,25);(H,6,7). The molecule has 0 radical (unpaired) electrons. The van der Waals surface area contributed by atoms with Gasteiger partial charge in [0.2, 0.25) is 0 Å². The van der Waals surface area contributed by atoms with Crippen molar-refractivity contribution in [2.24, 2.45) is 0 Å². The van der Waals surface area contributed by atoms with Gasteiger partial charge in [0.15, 0.2) is 5.69 Å². The van der Waals surface area contributed by atoms with Crippen LogP contribution in [-0.2, 0) is 4.79 Å². The van der Waals surface area contributed by atoms with Crippen LogP contribution in [0.4, 0.5) is 13.2 Å². The monoisotopic (exact) mass is 452 g/mol. The molecule has 4 rings (SSSR count). The van der Waals surface area contributed by atoms with Crippen molar-refractivity contribution in [3.05, 3.63) is 46.5 Å². The third-order valence-corrected chi connectivity index (χ3v) is 4.58. The SMILES string of the molecule is O=C(NC1CCCNC1)c1ccc(-c2ccc3[nH]c(=O)[nH]c3c2)nn1.O=C(O)C(F)(F)F. The minimum absolute atomic E-state index is 0.135. The van der Waals surface area contributed by atoms with E-state index < -0.39 is 12.1 Å². The largest absolute Gasteiger partial charge is 0.490 e. The number of nitrogens with zero attached hydrogens (tertiary/aromatic N) is 2. The van der Waals surface area contributed by atoms with Crippen molar-refractivity contribution in [1.29, 1.82) is 0 Å². The van der Waals surface area contributed by atoms with Crippen molar-refractivity contribution in [1.82, 2.24) is 30.8 Å². The fraction of sp³-hybridized carbons (Fsp3) is 0.316. The smallest absolute Gasteiger partial charge is 0.475 e. The number of carboxylic acid groups (broad SMARTS) is 1. The Bertz CT molecular complexity index is 1150. The van der Waals surface area contributed by atoms with E-state index in [4.69, 9.17) is 9.90 Å². The number of hydrogen-bond donors (Lipinski definition) is 5. The van der Waals surface area contributed by atoms with Gasteiger partial charge in [-0.3, -0.25) is 4.79 Å². The first-order valence-corrected chi connectivity index (χ1v) is 9.51. The highest BCUT2D eigenvalue weighted by Gasteiger charge is 2.38. The van der Waals surface area contributed by atoms with Crippen LogP contribution in [0.25, 0.3) is 22.3 Å². The van der Waals surface area contributed by atoms with E-state index in [-0.39, 0.29) is 17.6 Å². The lowest BCUT2D eigenvalue weighted by atomic mass is 10.1. The average Bonchev–Trinajstić information content (AvgIpc) is 3.13. The fourth-order valence-electron chi connectivity index (χ4n) is 3.03. The number of imidazole rings is 1. The van der Waals surface area contributed by atoms with Gasteiger partial charge in [-0.2, -0.15) is 13.2 Å². The van der Waals surface area contributed by atoms with E-state index in [0.717, 1.165) is 37.0 Å². The van der Waals surface area contributed by atoms with Gasteiger partial charge in [0.05, 0.1) is 16.7 Å². The molecule has 1 amide bonds. The molecule has 1 aromatic carbocycles. The molecule has 0 aliphatic carbocycles. The number of benzene rings is 1. The normalized spacial score (nSPS) is 16.2. The van der Waals surface area contributed by atoms with E-state index in [1.807, 2.05) is 12.1 Å². The quantitative estimate of drug-likeness (QED) is 0.403. The van der Waals surface area contributed by atoms with E-state index in [2.05, 4.69) is 30.8 Å². The Morgan fingerprint density at radius 2 is 1.81 bits per heavy atom. The lowest BCUT2D eigenvalue weighted by Crippen LogP contribution is -2.45. The second-order valence-corrected chi connectivity index (χ2v) is 6.96. The summed E-state index contributed by atoms with van der Waals surface area (Å²) >= 11 is 0. The van der Waals surface area contributed by atoms with Gasteiger partial charge in [-0.1, -0.05) is 6.07 Å². The van der Waals surface area contributed by atoms with E-state index in [0.29, 0.717) is 16.9 Å². The number of carbonyl (C=O) groups is 2. The number of halogens is 3. The molecule has 13 heteroatoms. The number of alkyl halides is 3. The van der Waals surface area contributed by atoms with Gasteiger partial charge in [0, 0.05) is 18.2 Å². The highest BCUT2D eigenvalue weighted by atomic mass is 19.4. The second kappa shape index (κ2) is 9.60. The summed E-state index contributed by atoms with van der Waals surface area (Å²) in [5, 5.41) is 21.6. The van der Waals surface area contributed by atoms with Crippen molar-refractivity contribution < 1.29 is 27.9 Å². The number of H-pyrrole nitrogens is 2. The van der Waals surface area contributed by atoms with Crippen LogP contribution in [0.3, 0.4) is 0 Å². The molecule has 170 valence electrons. The molecule has 32 heavy (non-hydrogen) atoms. The molecule has 1 aliphatic heterocycles. The van der Waals surface area contributed by atoms with Gasteiger partial charge in [-0.05, 0) is 43.7 Å². The van der Waals surface area contributed by atoms with Crippen molar-refractivity contribution in [3.63, 3.8) is 0 Å². The molecule has 0 saturated carbocycles. The molecule has 0 bridgehead atoms. The fourth-order valence-corrected chi connectivity index (χ4v) is 3.03. The number of aromatic nitrogens is 4. The van der Waals surface area contributed by atoms with Crippen molar-refractivity contribution in [2.75, 3.05) is 13.1 Å². The zero-order valence-electron chi connectivity index (χ0n) is 16.5. The van der Waals surface area contributed by atoms with E-state index in [1.165, 1.54) is 0 Å². The maximum absolute atomic E-state index is 12.3. The summed E-state index contributed by atoms with van der Waals surface area (Å²) in [7, 11) is 0. The van der Waals surface area contributed by atoms with Crippen molar-refractivity contribution in [2.45, 2.75) is 25.1 Å². The molecule has 1 saturated heterocycles. The van der Waals surface area contributed by atoms with E-state index in [9.17, 15) is 22.8 Å². The minimum Gasteiger partial charge on any atom is -0.475 e. The molecular weight excluding hydrogens is 433 g/mol. The zero-order chi connectivity index (χ0) is 23.3. The van der Waals surface area contributed by atoms with Crippen LogP contribution in [0, 0.1) is 0 Å². The van der Waals surface area contributed by atoms with Crippen LogP contribution in [0.15, 0.2) is 35.1 Å². The van der Waals surface area contributed by atoms with Crippen LogP contribution in [0.2, 0.25) is 0 Å². The van der Waals surface area contributed by atoms with Crippen LogP contribution in [0.5, 0.6) is 0 Å². The highest BCUT2D eigenvalue weighted by Crippen LogP contribution is 2.20. The number of rotatable bonds is 3. The lowest BCUT2D eigenvalue weighted by molar-refractivity contribution is -0.192. The van der Waals surface area contributed by atoms with Crippen molar-refractivity contribution in [3.8, 4) is 11.3 Å². The number of aliphatic carboxylic acids is 1. The van der Waals surface area contributed by atoms with Gasteiger partial charge < -0.3 is 25.7 Å². The predicted octanol–water partition coefficient (Wildman–Crippen LogP) is 1.43. The predicted molar refractivity (Wildman–Crippen MR) is 107 cm³/mol. The molecule has 1 unspecified atom stereocenters. The molecule has 10 nitrogen and oxygen atoms in total. The number of aromatic amines is 2. The van der Waals surface area contributed by atoms with Gasteiger partial charge in [0.1, 0.15) is 0 Å². The highest BCUT2D eigenvalue weighted by molar-refractivity contribution is 5.92. The van der Waals surface area contributed by atoms with E-state index in [1.54, 1.807) is 18.2 Å². The number of carbonyl (C=O) groups excluding carboxylic acids is 1. The Kier molecular flexibility index (Phi) is 6.88. The van der Waals surface area contributed by atoms with Crippen LogP contribution in [-0.4, -0.2) is 62.5 Å². The van der Waals surface area contributed by atoms with Gasteiger partial charge >= 0.3 is 17.8 Å². The van der Waals surface area contributed by atoms with Gasteiger partial charge in [-0.25, -0.2) is 9.59 Å². The summed E-state index contributed by atoms with van der Waals surface area (Å²) in [5.74, 6) is -2.97. The molecule has 1 atom stereocenters. The summed E-state index contributed by atoms with van der Waals surface area (Å²) < 4.78 is 31.7. The molecule has 5 N–H and O–H groups in total. The molecule has 1 fully saturated rings. The summed E-state index contributed by atoms with van der Waals surface area (Å²) in [6, 6.07) is 9.04. The first-order valence-electron chi connectivity index (χ1n) is 9.51. The molecule has 0 spiro atoms. The number of fused-ring (bicyclic) bond motifs is 1. The maximum Gasteiger partial charge on any atom is 0.490 e.